The van der Waals surface area contributed by atoms with Gasteiger partial charge in [0.2, 0.25) is 0 Å². The number of halogens is 2. The molecule has 98 valence electrons. The number of hydrogen-bond acceptors (Lipinski definition) is 3. The Morgan fingerprint density at radius 1 is 1.32 bits per heavy atom. The Morgan fingerprint density at radius 2 is 2.05 bits per heavy atom. The van der Waals surface area contributed by atoms with Crippen molar-refractivity contribution in [1.82, 2.24) is 0 Å². The van der Waals surface area contributed by atoms with Crippen LogP contribution in [0.5, 0.6) is 5.75 Å². The van der Waals surface area contributed by atoms with E-state index in [9.17, 15) is 4.79 Å². The molecule has 0 spiro atoms. The fraction of sp³-hybridized carbons (Fsp3) is 0.0714. The first-order valence-electron chi connectivity index (χ1n) is 5.47. The van der Waals surface area contributed by atoms with E-state index < -0.39 is 0 Å². The van der Waals surface area contributed by atoms with Crippen molar-refractivity contribution in [3.05, 3.63) is 57.0 Å². The molecule has 0 aliphatic rings. The van der Waals surface area contributed by atoms with E-state index in [1.165, 1.54) is 0 Å². The molecule has 0 aliphatic carbocycles. The number of nitrogen functional groups attached to an aromatic ring is 1. The lowest BCUT2D eigenvalue weighted by molar-refractivity contribution is 0.103. The van der Waals surface area contributed by atoms with Gasteiger partial charge in [-0.2, -0.15) is 0 Å². The maximum atomic E-state index is 12.4. The second kappa shape index (κ2) is 5.63. The summed E-state index contributed by atoms with van der Waals surface area (Å²) < 4.78 is 5.82. The minimum absolute atomic E-state index is 0.216. The van der Waals surface area contributed by atoms with E-state index in [4.69, 9.17) is 22.1 Å². The summed E-state index contributed by atoms with van der Waals surface area (Å²) in [5.74, 6) is 0.440. The molecule has 0 heterocycles. The first-order chi connectivity index (χ1) is 9.04. The highest BCUT2D eigenvalue weighted by Gasteiger charge is 2.17. The summed E-state index contributed by atoms with van der Waals surface area (Å²) in [6, 6.07) is 10.1. The summed E-state index contributed by atoms with van der Waals surface area (Å²) in [4.78, 5) is 12.4. The molecular formula is C14H11BrClNO2. The molecule has 0 amide bonds. The topological polar surface area (TPSA) is 52.3 Å². The average Bonchev–Trinajstić information content (AvgIpc) is 2.38. The lowest BCUT2D eigenvalue weighted by atomic mass is 10.0. The number of carbonyl (C=O) groups is 1. The van der Waals surface area contributed by atoms with E-state index in [2.05, 4.69) is 15.9 Å². The van der Waals surface area contributed by atoms with Crippen LogP contribution in [0.4, 0.5) is 5.69 Å². The number of carbonyl (C=O) groups excluding carboxylic acids is 1. The van der Waals surface area contributed by atoms with Gasteiger partial charge in [0.15, 0.2) is 5.78 Å². The minimum Gasteiger partial charge on any atom is -0.496 e. The molecule has 0 unspecified atom stereocenters. The Kier molecular flexibility index (Phi) is 4.12. The summed E-state index contributed by atoms with van der Waals surface area (Å²) in [6.45, 7) is 0. The van der Waals surface area contributed by atoms with Crippen molar-refractivity contribution in [1.29, 1.82) is 0 Å². The van der Waals surface area contributed by atoms with Crippen LogP contribution in [-0.4, -0.2) is 12.9 Å². The van der Waals surface area contributed by atoms with Crippen molar-refractivity contribution >= 4 is 39.0 Å². The summed E-state index contributed by atoms with van der Waals surface area (Å²) in [5.41, 5.74) is 6.99. The number of ether oxygens (including phenoxy) is 1. The van der Waals surface area contributed by atoms with Gasteiger partial charge in [0.25, 0.3) is 0 Å². The number of rotatable bonds is 3. The molecule has 0 radical (unpaired) electrons. The largest absolute Gasteiger partial charge is 0.496 e. The molecule has 3 nitrogen and oxygen atoms in total. The molecule has 2 rings (SSSR count). The van der Waals surface area contributed by atoms with Crippen LogP contribution in [0.3, 0.4) is 0 Å². The second-order valence-electron chi connectivity index (χ2n) is 3.88. The van der Waals surface area contributed by atoms with Gasteiger partial charge < -0.3 is 10.5 Å². The van der Waals surface area contributed by atoms with Crippen LogP contribution >= 0.6 is 27.5 Å². The molecule has 0 atom stereocenters. The molecule has 5 heteroatoms. The molecular weight excluding hydrogens is 330 g/mol. The van der Waals surface area contributed by atoms with Gasteiger partial charge in [-0.3, -0.25) is 4.79 Å². The van der Waals surface area contributed by atoms with Crippen LogP contribution in [0.1, 0.15) is 15.9 Å². The maximum absolute atomic E-state index is 12.4. The summed E-state index contributed by atoms with van der Waals surface area (Å²) in [6.07, 6.45) is 0. The lowest BCUT2D eigenvalue weighted by Crippen LogP contribution is -2.06. The zero-order valence-electron chi connectivity index (χ0n) is 10.1. The number of nitrogens with two attached hydrogens (primary N) is 1. The molecule has 2 aromatic carbocycles. The zero-order chi connectivity index (χ0) is 14.0. The van der Waals surface area contributed by atoms with Gasteiger partial charge in [-0.25, -0.2) is 0 Å². The molecule has 2 aromatic rings. The maximum Gasteiger partial charge on any atom is 0.196 e. The standard InChI is InChI=1S/C14H11BrClNO2/c1-19-12-6-5-8(7-9(12)15)14(18)13-10(16)3-2-4-11(13)17/h2-7H,17H2,1H3. The second-order valence-corrected chi connectivity index (χ2v) is 5.14. The third-order valence-corrected chi connectivity index (χ3v) is 3.62. The SMILES string of the molecule is COc1ccc(C(=O)c2c(N)cccc2Cl)cc1Br. The van der Waals surface area contributed by atoms with Crippen molar-refractivity contribution in [2.24, 2.45) is 0 Å². The van der Waals surface area contributed by atoms with E-state index in [0.29, 0.717) is 32.1 Å². The highest BCUT2D eigenvalue weighted by molar-refractivity contribution is 9.10. The van der Waals surface area contributed by atoms with Gasteiger partial charge in [-0.05, 0) is 46.3 Å². The Hall–Kier alpha value is -1.52. The van der Waals surface area contributed by atoms with Crippen LogP contribution < -0.4 is 10.5 Å². The molecule has 0 fully saturated rings. The van der Waals surface area contributed by atoms with Gasteiger partial charge in [0.05, 0.1) is 22.2 Å². The van der Waals surface area contributed by atoms with Crippen LogP contribution in [0.2, 0.25) is 5.02 Å². The number of ketones is 1. The molecule has 0 aliphatic heterocycles. The minimum atomic E-state index is -0.216. The molecule has 0 saturated carbocycles. The number of hydrogen-bond donors (Lipinski definition) is 1. The quantitative estimate of drug-likeness (QED) is 0.680. The third kappa shape index (κ3) is 2.74. The van der Waals surface area contributed by atoms with Gasteiger partial charge >= 0.3 is 0 Å². The van der Waals surface area contributed by atoms with E-state index in [1.807, 2.05) is 0 Å². The van der Waals surface area contributed by atoms with Crippen molar-refractivity contribution < 1.29 is 9.53 Å². The first kappa shape index (κ1) is 13.9. The van der Waals surface area contributed by atoms with E-state index in [0.717, 1.165) is 0 Å². The number of anilines is 1. The van der Waals surface area contributed by atoms with Crippen molar-refractivity contribution in [3.63, 3.8) is 0 Å². The first-order valence-corrected chi connectivity index (χ1v) is 6.64. The van der Waals surface area contributed by atoms with Gasteiger partial charge in [0, 0.05) is 11.3 Å². The Labute approximate surface area is 124 Å². The lowest BCUT2D eigenvalue weighted by Gasteiger charge is -2.09. The van der Waals surface area contributed by atoms with Crippen LogP contribution in [0.15, 0.2) is 40.9 Å². The van der Waals surface area contributed by atoms with E-state index in [-0.39, 0.29) is 5.78 Å². The molecule has 0 bridgehead atoms. The predicted molar refractivity (Wildman–Crippen MR) is 80.0 cm³/mol. The Morgan fingerprint density at radius 3 is 2.63 bits per heavy atom. The number of methoxy groups -OCH3 is 1. The Bertz CT molecular complexity index is 623. The number of benzene rings is 2. The summed E-state index contributed by atoms with van der Waals surface area (Å²) >= 11 is 9.38. The average molecular weight is 341 g/mol. The smallest absolute Gasteiger partial charge is 0.196 e. The highest BCUT2D eigenvalue weighted by Crippen LogP contribution is 2.29. The van der Waals surface area contributed by atoms with Crippen molar-refractivity contribution in [2.75, 3.05) is 12.8 Å². The predicted octanol–water partition coefficient (Wildman–Crippen LogP) is 3.92. The Balaban J connectivity index is 2.48. The fourth-order valence-electron chi connectivity index (χ4n) is 1.73. The summed E-state index contributed by atoms with van der Waals surface area (Å²) in [5, 5.41) is 0.344. The molecule has 0 aromatic heterocycles. The normalized spacial score (nSPS) is 10.3. The van der Waals surface area contributed by atoms with Gasteiger partial charge in [0.1, 0.15) is 5.75 Å². The van der Waals surface area contributed by atoms with E-state index in [1.54, 1.807) is 43.5 Å². The van der Waals surface area contributed by atoms with Crippen LogP contribution in [-0.2, 0) is 0 Å². The van der Waals surface area contributed by atoms with Gasteiger partial charge in [-0.15, -0.1) is 0 Å². The van der Waals surface area contributed by atoms with Crippen LogP contribution in [0, 0.1) is 0 Å². The highest BCUT2D eigenvalue weighted by atomic mass is 79.9. The van der Waals surface area contributed by atoms with Gasteiger partial charge in [-0.1, -0.05) is 17.7 Å². The fourth-order valence-corrected chi connectivity index (χ4v) is 2.54. The molecule has 19 heavy (non-hydrogen) atoms. The zero-order valence-corrected chi connectivity index (χ0v) is 12.5. The molecule has 2 N–H and O–H groups in total. The van der Waals surface area contributed by atoms with Crippen molar-refractivity contribution in [3.8, 4) is 5.75 Å². The summed E-state index contributed by atoms with van der Waals surface area (Å²) in [7, 11) is 1.56. The van der Waals surface area contributed by atoms with Crippen molar-refractivity contribution in [2.45, 2.75) is 0 Å². The third-order valence-electron chi connectivity index (χ3n) is 2.69. The van der Waals surface area contributed by atoms with E-state index >= 15 is 0 Å². The molecule has 0 saturated heterocycles. The monoisotopic (exact) mass is 339 g/mol. The van der Waals surface area contributed by atoms with Crippen LogP contribution in [0.25, 0.3) is 0 Å².